The Labute approximate surface area is 177 Å². The van der Waals surface area contributed by atoms with E-state index in [1.165, 1.54) is 24.0 Å². The monoisotopic (exact) mass is 400 g/mol. The first-order valence-electron chi connectivity index (χ1n) is 11.3. The molecule has 29 heavy (non-hydrogen) atoms. The molecule has 1 N–H and O–H groups in total. The lowest BCUT2D eigenvalue weighted by molar-refractivity contribution is 0.0549. The molecule has 0 aliphatic heterocycles. The normalized spacial score (nSPS) is 19.3. The summed E-state index contributed by atoms with van der Waals surface area (Å²) >= 11 is 0. The van der Waals surface area contributed by atoms with E-state index < -0.39 is 0 Å². The fourth-order valence-corrected chi connectivity index (χ4v) is 4.19. The first-order valence-corrected chi connectivity index (χ1v) is 11.3. The smallest absolute Gasteiger partial charge is 0.127 e. The van der Waals surface area contributed by atoms with Gasteiger partial charge in [-0.15, -0.1) is 0 Å². The maximum absolute atomic E-state index is 11.0. The molecule has 0 fully saturated rings. The number of aryl methyl sites for hydroxylation is 1. The van der Waals surface area contributed by atoms with Crippen molar-refractivity contribution >= 4 is 0 Å². The molecule has 1 aromatic rings. The van der Waals surface area contributed by atoms with E-state index in [0.717, 1.165) is 42.6 Å². The molecule has 1 aliphatic carbocycles. The number of rotatable bonds is 11. The van der Waals surface area contributed by atoms with Crippen molar-refractivity contribution in [3.63, 3.8) is 0 Å². The van der Waals surface area contributed by atoms with Crippen LogP contribution in [0.15, 0.2) is 35.9 Å². The number of benzene rings is 1. The Balaban J connectivity index is 2.36. The molecule has 3 nitrogen and oxygen atoms in total. The van der Waals surface area contributed by atoms with Crippen molar-refractivity contribution in [2.24, 2.45) is 5.92 Å². The van der Waals surface area contributed by atoms with Gasteiger partial charge < -0.3 is 14.6 Å². The van der Waals surface area contributed by atoms with E-state index in [1.807, 2.05) is 19.9 Å². The van der Waals surface area contributed by atoms with Gasteiger partial charge in [0.05, 0.1) is 12.7 Å². The number of ether oxygens (including phenoxy) is 2. The van der Waals surface area contributed by atoms with Gasteiger partial charge in [0.2, 0.25) is 0 Å². The van der Waals surface area contributed by atoms with Crippen molar-refractivity contribution < 1.29 is 14.6 Å². The molecule has 0 spiro atoms. The van der Waals surface area contributed by atoms with E-state index in [0.29, 0.717) is 24.9 Å². The summed E-state index contributed by atoms with van der Waals surface area (Å²) in [5, 5.41) is 11.0. The lowest BCUT2D eigenvalue weighted by Gasteiger charge is -2.32. The lowest BCUT2D eigenvalue weighted by atomic mass is 9.73. The second-order valence-corrected chi connectivity index (χ2v) is 8.78. The molecule has 0 radical (unpaired) electrons. The molecule has 0 saturated carbocycles. The zero-order chi connectivity index (χ0) is 21.4. The highest BCUT2D eigenvalue weighted by Crippen LogP contribution is 2.47. The Morgan fingerprint density at radius 1 is 1.24 bits per heavy atom. The van der Waals surface area contributed by atoms with Crippen molar-refractivity contribution in [3.05, 3.63) is 47.1 Å². The van der Waals surface area contributed by atoms with Crippen LogP contribution < -0.4 is 4.74 Å². The number of hydrogen-bond donors (Lipinski definition) is 1. The third kappa shape index (κ3) is 6.92. The van der Waals surface area contributed by atoms with Crippen LogP contribution in [0.5, 0.6) is 11.5 Å². The molecule has 0 amide bonds. The number of phenols is 1. The van der Waals surface area contributed by atoms with Gasteiger partial charge in [-0.25, -0.2) is 0 Å². The van der Waals surface area contributed by atoms with Crippen LogP contribution in [-0.4, -0.2) is 24.4 Å². The average molecular weight is 401 g/mol. The van der Waals surface area contributed by atoms with Crippen LogP contribution >= 0.6 is 0 Å². The molecule has 1 aromatic carbocycles. The van der Waals surface area contributed by atoms with E-state index in [4.69, 9.17) is 9.47 Å². The minimum atomic E-state index is 0.104. The van der Waals surface area contributed by atoms with Crippen LogP contribution in [0, 0.1) is 5.92 Å². The lowest BCUT2D eigenvalue weighted by Crippen LogP contribution is -2.19. The molecule has 162 valence electrons. The fraction of sp³-hybridized carbons (Fsp3) is 0.615. The van der Waals surface area contributed by atoms with Crippen molar-refractivity contribution in [1.82, 2.24) is 0 Å². The molecule has 0 heterocycles. The average Bonchev–Trinajstić information content (AvgIpc) is 2.64. The van der Waals surface area contributed by atoms with Crippen LogP contribution in [0.2, 0.25) is 0 Å². The Kier molecular flexibility index (Phi) is 9.29. The largest absolute Gasteiger partial charge is 0.507 e. The summed E-state index contributed by atoms with van der Waals surface area (Å²) < 4.78 is 11.8. The molecule has 2 unspecified atom stereocenters. The van der Waals surface area contributed by atoms with Gasteiger partial charge in [-0.2, -0.15) is 0 Å². The summed E-state index contributed by atoms with van der Waals surface area (Å²) in [5.74, 6) is 1.57. The molecule has 0 saturated heterocycles. The molecular formula is C26H40O3. The van der Waals surface area contributed by atoms with Crippen LogP contribution in [-0.2, 0) is 11.2 Å². The Morgan fingerprint density at radius 3 is 2.66 bits per heavy atom. The summed E-state index contributed by atoms with van der Waals surface area (Å²) in [5.41, 5.74) is 4.58. The summed E-state index contributed by atoms with van der Waals surface area (Å²) in [7, 11) is 0. The predicted molar refractivity (Wildman–Crippen MR) is 122 cm³/mol. The van der Waals surface area contributed by atoms with E-state index >= 15 is 0 Å². The van der Waals surface area contributed by atoms with Crippen molar-refractivity contribution in [1.29, 1.82) is 0 Å². The standard InChI is InChI=1S/C26H40O3/c1-7-8-9-10-21-16-24(27)26(25(17-21)29-14-13-28-19(4)5)23-15-20(6)11-12-22(23)18(2)3/h15-17,19,22-23,27H,2,7-14H2,1,3-6H3. The van der Waals surface area contributed by atoms with E-state index in [1.54, 1.807) is 0 Å². The molecule has 2 rings (SSSR count). The minimum absolute atomic E-state index is 0.104. The van der Waals surface area contributed by atoms with Gasteiger partial charge >= 0.3 is 0 Å². The van der Waals surface area contributed by atoms with Crippen LogP contribution in [0.1, 0.15) is 83.8 Å². The van der Waals surface area contributed by atoms with E-state index in [2.05, 4.69) is 39.5 Å². The Bertz CT molecular complexity index is 702. The molecule has 2 atom stereocenters. The third-order valence-corrected chi connectivity index (χ3v) is 5.75. The van der Waals surface area contributed by atoms with Crippen LogP contribution in [0.25, 0.3) is 0 Å². The first-order chi connectivity index (χ1) is 13.8. The topological polar surface area (TPSA) is 38.7 Å². The third-order valence-electron chi connectivity index (χ3n) is 5.75. The minimum Gasteiger partial charge on any atom is -0.507 e. The molecule has 0 bridgehead atoms. The maximum atomic E-state index is 11.0. The highest BCUT2D eigenvalue weighted by Gasteiger charge is 2.30. The predicted octanol–water partition coefficient (Wildman–Crippen LogP) is 6.94. The SMILES string of the molecule is C=C(C)C1CCC(C)=CC1c1c(O)cc(CCCCC)cc1OCCOC(C)C. The Hall–Kier alpha value is -1.74. The molecule has 0 aromatic heterocycles. The first kappa shape index (κ1) is 23.5. The number of aromatic hydroxyl groups is 1. The number of hydrogen-bond acceptors (Lipinski definition) is 3. The highest BCUT2D eigenvalue weighted by atomic mass is 16.5. The van der Waals surface area contributed by atoms with Crippen LogP contribution in [0.3, 0.4) is 0 Å². The number of allylic oxidation sites excluding steroid dienone is 3. The van der Waals surface area contributed by atoms with Gasteiger partial charge in [-0.1, -0.05) is 43.6 Å². The summed E-state index contributed by atoms with van der Waals surface area (Å²) in [4.78, 5) is 0. The summed E-state index contributed by atoms with van der Waals surface area (Å²) in [6.07, 6.45) is 9.11. The second-order valence-electron chi connectivity index (χ2n) is 8.78. The van der Waals surface area contributed by atoms with Gasteiger partial charge in [-0.3, -0.25) is 0 Å². The van der Waals surface area contributed by atoms with Gasteiger partial charge in [0, 0.05) is 11.5 Å². The fourth-order valence-electron chi connectivity index (χ4n) is 4.19. The van der Waals surface area contributed by atoms with Gasteiger partial charge in [0.15, 0.2) is 0 Å². The summed E-state index contributed by atoms with van der Waals surface area (Å²) in [6, 6.07) is 4.07. The van der Waals surface area contributed by atoms with Gasteiger partial charge in [0.1, 0.15) is 18.1 Å². The van der Waals surface area contributed by atoms with Crippen molar-refractivity contribution in [2.45, 2.75) is 85.2 Å². The molecule has 3 heteroatoms. The number of unbranched alkanes of at least 4 members (excludes halogenated alkanes) is 2. The summed E-state index contributed by atoms with van der Waals surface area (Å²) in [6.45, 7) is 15.8. The highest BCUT2D eigenvalue weighted by molar-refractivity contribution is 5.52. The quantitative estimate of drug-likeness (QED) is 0.323. The van der Waals surface area contributed by atoms with Gasteiger partial charge in [-0.05, 0) is 77.0 Å². The van der Waals surface area contributed by atoms with E-state index in [-0.39, 0.29) is 12.0 Å². The Morgan fingerprint density at radius 2 is 2.00 bits per heavy atom. The van der Waals surface area contributed by atoms with Crippen molar-refractivity contribution in [2.75, 3.05) is 13.2 Å². The van der Waals surface area contributed by atoms with Gasteiger partial charge in [0.25, 0.3) is 0 Å². The maximum Gasteiger partial charge on any atom is 0.127 e. The van der Waals surface area contributed by atoms with E-state index in [9.17, 15) is 5.11 Å². The molecule has 1 aliphatic rings. The zero-order valence-electron chi connectivity index (χ0n) is 19.1. The zero-order valence-corrected chi connectivity index (χ0v) is 19.1. The van der Waals surface area contributed by atoms with Crippen LogP contribution in [0.4, 0.5) is 0 Å². The van der Waals surface area contributed by atoms with Crippen molar-refractivity contribution in [3.8, 4) is 11.5 Å². The molecular weight excluding hydrogens is 360 g/mol. The second kappa shape index (κ2) is 11.4. The number of phenolic OH excluding ortho intramolecular Hbond substituents is 1.